The van der Waals surface area contributed by atoms with E-state index >= 15 is 0 Å². The molecular weight excluding hydrogens is 302 g/mol. The highest BCUT2D eigenvalue weighted by molar-refractivity contribution is 5.91. The van der Waals surface area contributed by atoms with Crippen LogP contribution in [0.5, 0.6) is 0 Å². The van der Waals surface area contributed by atoms with Gasteiger partial charge in [0.2, 0.25) is 0 Å². The first kappa shape index (κ1) is 15.0. The van der Waals surface area contributed by atoms with E-state index < -0.39 is 0 Å². The molecule has 0 saturated carbocycles. The van der Waals surface area contributed by atoms with Crippen LogP contribution in [0.2, 0.25) is 0 Å². The van der Waals surface area contributed by atoms with E-state index in [1.165, 1.54) is 5.52 Å². The first-order chi connectivity index (χ1) is 11.8. The van der Waals surface area contributed by atoms with Crippen molar-refractivity contribution in [2.24, 2.45) is 0 Å². The number of imidazole rings is 1. The van der Waals surface area contributed by atoms with Crippen molar-refractivity contribution in [1.29, 1.82) is 0 Å². The largest absolute Gasteiger partial charge is 0.459 e. The third-order valence-corrected chi connectivity index (χ3v) is 4.83. The van der Waals surface area contributed by atoms with Crippen molar-refractivity contribution in [1.82, 2.24) is 14.5 Å². The Bertz CT molecular complexity index is 843. The van der Waals surface area contributed by atoms with Gasteiger partial charge in [-0.15, -0.1) is 0 Å². The number of piperidine rings is 1. The molecule has 0 spiro atoms. The van der Waals surface area contributed by atoms with Gasteiger partial charge in [0, 0.05) is 25.6 Å². The maximum absolute atomic E-state index is 12.4. The van der Waals surface area contributed by atoms with Gasteiger partial charge in [0.25, 0.3) is 5.91 Å². The van der Waals surface area contributed by atoms with Gasteiger partial charge in [-0.05, 0) is 37.1 Å². The van der Waals surface area contributed by atoms with Crippen LogP contribution in [-0.4, -0.2) is 33.4 Å². The molecule has 4 rings (SSSR count). The zero-order chi connectivity index (χ0) is 16.5. The molecule has 1 saturated heterocycles. The molecule has 1 aliphatic rings. The van der Waals surface area contributed by atoms with Crippen molar-refractivity contribution in [3.05, 3.63) is 54.2 Å². The summed E-state index contributed by atoms with van der Waals surface area (Å²) in [7, 11) is 0. The summed E-state index contributed by atoms with van der Waals surface area (Å²) in [4.78, 5) is 19.1. The average molecular weight is 323 g/mol. The van der Waals surface area contributed by atoms with E-state index in [-0.39, 0.29) is 5.91 Å². The van der Waals surface area contributed by atoms with Crippen molar-refractivity contribution >= 4 is 16.9 Å². The van der Waals surface area contributed by atoms with E-state index in [2.05, 4.69) is 29.7 Å². The van der Waals surface area contributed by atoms with Crippen molar-refractivity contribution in [2.45, 2.75) is 32.2 Å². The van der Waals surface area contributed by atoms with E-state index in [9.17, 15) is 4.79 Å². The molecule has 1 aromatic carbocycles. The number of para-hydroxylation sites is 2. The molecule has 124 valence electrons. The Labute approximate surface area is 140 Å². The summed E-state index contributed by atoms with van der Waals surface area (Å²) in [6.07, 6.45) is 4.35. The lowest BCUT2D eigenvalue weighted by atomic mass is 10.0. The van der Waals surface area contributed by atoms with Crippen LogP contribution in [-0.2, 0) is 6.42 Å². The lowest BCUT2D eigenvalue weighted by Gasteiger charge is -2.33. The number of amides is 1. The summed E-state index contributed by atoms with van der Waals surface area (Å²) in [5.74, 6) is 1.55. The predicted molar refractivity (Wildman–Crippen MR) is 92.0 cm³/mol. The lowest BCUT2D eigenvalue weighted by Crippen LogP contribution is -2.39. The maximum atomic E-state index is 12.4. The van der Waals surface area contributed by atoms with Crippen molar-refractivity contribution in [3.63, 3.8) is 0 Å². The zero-order valence-corrected chi connectivity index (χ0v) is 13.8. The van der Waals surface area contributed by atoms with Crippen LogP contribution in [0.1, 0.15) is 42.2 Å². The van der Waals surface area contributed by atoms with Gasteiger partial charge in [-0.2, -0.15) is 0 Å². The number of aryl methyl sites for hydroxylation is 1. The smallest absolute Gasteiger partial charge is 0.289 e. The fraction of sp³-hybridized carbons (Fsp3) is 0.368. The van der Waals surface area contributed by atoms with Gasteiger partial charge in [0.15, 0.2) is 5.76 Å². The molecule has 3 heterocycles. The minimum absolute atomic E-state index is 0.00958. The predicted octanol–water partition coefficient (Wildman–Crippen LogP) is 3.67. The molecule has 0 atom stereocenters. The summed E-state index contributed by atoms with van der Waals surface area (Å²) in [6, 6.07) is 12.2. The molecule has 0 N–H and O–H groups in total. The van der Waals surface area contributed by atoms with Gasteiger partial charge in [-0.1, -0.05) is 19.1 Å². The molecule has 5 nitrogen and oxygen atoms in total. The Morgan fingerprint density at radius 2 is 2.00 bits per heavy atom. The molecule has 24 heavy (non-hydrogen) atoms. The number of rotatable bonds is 3. The summed E-state index contributed by atoms with van der Waals surface area (Å²) in [5, 5.41) is 0. The lowest BCUT2D eigenvalue weighted by molar-refractivity contribution is 0.0663. The van der Waals surface area contributed by atoms with Crippen LogP contribution in [0.4, 0.5) is 0 Å². The average Bonchev–Trinajstić information content (AvgIpc) is 3.28. The number of hydrogen-bond acceptors (Lipinski definition) is 3. The highest BCUT2D eigenvalue weighted by atomic mass is 16.3. The molecule has 3 aromatic rings. The van der Waals surface area contributed by atoms with E-state index in [0.717, 1.165) is 43.7 Å². The van der Waals surface area contributed by atoms with Crippen molar-refractivity contribution in [3.8, 4) is 0 Å². The molecule has 1 fully saturated rings. The highest BCUT2D eigenvalue weighted by Crippen LogP contribution is 2.29. The van der Waals surface area contributed by atoms with E-state index in [4.69, 9.17) is 9.40 Å². The van der Waals surface area contributed by atoms with E-state index in [1.807, 2.05) is 11.0 Å². The number of likely N-dealkylation sites (tertiary alicyclic amines) is 1. The quantitative estimate of drug-likeness (QED) is 0.739. The van der Waals surface area contributed by atoms with Gasteiger partial charge >= 0.3 is 0 Å². The highest BCUT2D eigenvalue weighted by Gasteiger charge is 2.27. The molecule has 0 radical (unpaired) electrons. The van der Waals surface area contributed by atoms with Gasteiger partial charge < -0.3 is 13.9 Å². The minimum Gasteiger partial charge on any atom is -0.459 e. The van der Waals surface area contributed by atoms with Crippen LogP contribution in [0.3, 0.4) is 0 Å². The van der Waals surface area contributed by atoms with Gasteiger partial charge in [-0.3, -0.25) is 4.79 Å². The second-order valence-electron chi connectivity index (χ2n) is 6.24. The number of benzene rings is 1. The topological polar surface area (TPSA) is 51.3 Å². The van der Waals surface area contributed by atoms with Crippen LogP contribution in [0, 0.1) is 0 Å². The van der Waals surface area contributed by atoms with Crippen LogP contribution in [0.25, 0.3) is 11.0 Å². The molecule has 1 aliphatic heterocycles. The standard InChI is InChI=1S/C19H21N3O2/c1-2-18-20-15-6-3-4-7-16(15)22(18)14-9-11-21(12-10-14)19(23)17-8-5-13-24-17/h3-8,13-14H,2,9-12H2,1H3. The summed E-state index contributed by atoms with van der Waals surface area (Å²) >= 11 is 0. The molecule has 2 aromatic heterocycles. The number of nitrogens with zero attached hydrogens (tertiary/aromatic N) is 3. The molecular formula is C19H21N3O2. The fourth-order valence-corrected chi connectivity index (χ4v) is 3.63. The first-order valence-electron chi connectivity index (χ1n) is 8.56. The molecule has 0 bridgehead atoms. The Hall–Kier alpha value is -2.56. The molecule has 0 aliphatic carbocycles. The molecule has 0 unspecified atom stereocenters. The van der Waals surface area contributed by atoms with Crippen molar-refractivity contribution < 1.29 is 9.21 Å². The Morgan fingerprint density at radius 1 is 1.21 bits per heavy atom. The summed E-state index contributed by atoms with van der Waals surface area (Å²) in [5.41, 5.74) is 2.26. The third-order valence-electron chi connectivity index (χ3n) is 4.83. The maximum Gasteiger partial charge on any atom is 0.289 e. The number of furan rings is 1. The normalized spacial score (nSPS) is 16.0. The summed E-state index contributed by atoms with van der Waals surface area (Å²) < 4.78 is 7.61. The monoisotopic (exact) mass is 323 g/mol. The second kappa shape index (κ2) is 6.15. The number of aromatic nitrogens is 2. The fourth-order valence-electron chi connectivity index (χ4n) is 3.63. The number of carbonyl (C=O) groups is 1. The van der Waals surface area contributed by atoms with Gasteiger partial charge in [0.05, 0.1) is 17.3 Å². The second-order valence-corrected chi connectivity index (χ2v) is 6.24. The Morgan fingerprint density at radius 3 is 2.71 bits per heavy atom. The zero-order valence-electron chi connectivity index (χ0n) is 13.8. The molecule has 5 heteroatoms. The number of carbonyl (C=O) groups excluding carboxylic acids is 1. The third kappa shape index (κ3) is 2.50. The Balaban J connectivity index is 1.55. The molecule has 1 amide bonds. The van der Waals surface area contributed by atoms with Crippen LogP contribution < -0.4 is 0 Å². The summed E-state index contributed by atoms with van der Waals surface area (Å²) in [6.45, 7) is 3.65. The van der Waals surface area contributed by atoms with Crippen LogP contribution in [0.15, 0.2) is 47.1 Å². The first-order valence-corrected chi connectivity index (χ1v) is 8.56. The number of fused-ring (bicyclic) bond motifs is 1. The van der Waals surface area contributed by atoms with Crippen molar-refractivity contribution in [2.75, 3.05) is 13.1 Å². The number of hydrogen-bond donors (Lipinski definition) is 0. The minimum atomic E-state index is -0.00958. The van der Waals surface area contributed by atoms with Gasteiger partial charge in [-0.25, -0.2) is 4.98 Å². The van der Waals surface area contributed by atoms with Gasteiger partial charge in [0.1, 0.15) is 5.82 Å². The van der Waals surface area contributed by atoms with Crippen LogP contribution >= 0.6 is 0 Å². The van der Waals surface area contributed by atoms with E-state index in [0.29, 0.717) is 11.8 Å². The Kier molecular flexibility index (Phi) is 3.84. The SMILES string of the molecule is CCc1nc2ccccc2n1C1CCN(C(=O)c2ccco2)CC1. The van der Waals surface area contributed by atoms with E-state index in [1.54, 1.807) is 18.4 Å².